The molecule has 14 nitrogen and oxygen atoms in total. The number of methoxy groups -OCH3 is 2. The molecule has 4 atom stereocenters. The summed E-state index contributed by atoms with van der Waals surface area (Å²) in [6.45, 7) is 4.15. The summed E-state index contributed by atoms with van der Waals surface area (Å²) < 4.78 is 27.6. The van der Waals surface area contributed by atoms with Gasteiger partial charge in [-0.3, -0.25) is 28.8 Å². The minimum absolute atomic E-state index is 0.0422. The van der Waals surface area contributed by atoms with E-state index in [-0.39, 0.29) is 19.4 Å². The van der Waals surface area contributed by atoms with Crippen molar-refractivity contribution in [2.45, 2.75) is 77.2 Å². The lowest BCUT2D eigenvalue weighted by Crippen LogP contribution is -2.62. The fraction of sp³-hybridized carbons (Fsp3) is 0.552. The normalized spacial score (nSPS) is 14.1. The molecular weight excluding hydrogens is 583 g/mol. The zero-order valence-corrected chi connectivity index (χ0v) is 25.7. The number of amides is 4. The van der Waals surface area contributed by atoms with Crippen molar-refractivity contribution in [1.82, 2.24) is 21.3 Å². The third-order valence-corrected chi connectivity index (χ3v) is 6.55. The van der Waals surface area contributed by atoms with Gasteiger partial charge >= 0.3 is 18.0 Å². The highest BCUT2D eigenvalue weighted by molar-refractivity contribution is 5.99. The van der Waals surface area contributed by atoms with Crippen LogP contribution < -0.4 is 21.3 Å². The van der Waals surface area contributed by atoms with Gasteiger partial charge in [-0.05, 0) is 31.7 Å². The fourth-order valence-corrected chi connectivity index (χ4v) is 3.80. The number of alkyl carbamates (subject to hydrolysis) is 1. The average molecular weight is 625 g/mol. The standard InChI is InChI=1S/C29H41FN4O10/c1-17(2)24(27(40)34-29(4,21(35)15-30)14-23(37)43-6)33-26(39)20(12-13-22(36)42-5)32-25(38)18(3)31-28(41)44-16-19-10-8-7-9-11-19/h7-11,17-18,20,24H,12-16H2,1-6H3,(H,31,41)(H,32,38)(H,33,39)(H,34,40)/t18-,20?,24-,29-/m0/s1. The van der Waals surface area contributed by atoms with E-state index in [0.29, 0.717) is 0 Å². The molecule has 0 bridgehead atoms. The van der Waals surface area contributed by atoms with Crippen molar-refractivity contribution in [3.05, 3.63) is 35.9 Å². The second kappa shape index (κ2) is 18.2. The number of rotatable bonds is 17. The van der Waals surface area contributed by atoms with E-state index in [1.165, 1.54) is 6.92 Å². The van der Waals surface area contributed by atoms with Crippen molar-refractivity contribution < 1.29 is 52.2 Å². The summed E-state index contributed by atoms with van der Waals surface area (Å²) in [5.74, 6) is -5.80. The zero-order chi connectivity index (χ0) is 33.4. The number of nitrogens with one attached hydrogen (secondary N) is 4. The summed E-state index contributed by atoms with van der Waals surface area (Å²) in [5.41, 5.74) is -1.24. The van der Waals surface area contributed by atoms with Gasteiger partial charge in [0.25, 0.3) is 0 Å². The van der Waals surface area contributed by atoms with Gasteiger partial charge in [0.15, 0.2) is 12.5 Å². The Kier molecular flexibility index (Phi) is 15.5. The number of ether oxygens (including phenoxy) is 3. The van der Waals surface area contributed by atoms with Crippen LogP contribution >= 0.6 is 0 Å². The van der Waals surface area contributed by atoms with E-state index < -0.39 is 84.2 Å². The van der Waals surface area contributed by atoms with Gasteiger partial charge < -0.3 is 35.5 Å². The van der Waals surface area contributed by atoms with E-state index in [1.54, 1.807) is 44.2 Å². The van der Waals surface area contributed by atoms with Crippen LogP contribution in [-0.4, -0.2) is 86.1 Å². The Bertz CT molecular complexity index is 1180. The number of ketones is 1. The number of hydrogen-bond donors (Lipinski definition) is 4. The number of esters is 2. The van der Waals surface area contributed by atoms with Crippen molar-refractivity contribution in [3.8, 4) is 0 Å². The fourth-order valence-electron chi connectivity index (χ4n) is 3.80. The van der Waals surface area contributed by atoms with Crippen LogP contribution in [0.1, 0.15) is 52.5 Å². The molecule has 0 aliphatic carbocycles. The summed E-state index contributed by atoms with van der Waals surface area (Å²) >= 11 is 0. The number of benzene rings is 1. The van der Waals surface area contributed by atoms with E-state index in [2.05, 4.69) is 30.7 Å². The Morgan fingerprint density at radius 3 is 2.00 bits per heavy atom. The first-order valence-electron chi connectivity index (χ1n) is 13.8. The SMILES string of the molecule is COC(=O)CCC(NC(=O)[C@H](C)NC(=O)OCc1ccccc1)C(=O)N[C@H](C(=O)N[C@@](C)(CC(=O)OC)C(=O)CF)C(C)C. The summed E-state index contributed by atoms with van der Waals surface area (Å²) in [6.07, 6.45) is -2.06. The molecular formula is C29H41FN4O10. The van der Waals surface area contributed by atoms with Crippen molar-refractivity contribution in [3.63, 3.8) is 0 Å². The Hall–Kier alpha value is -4.56. The number of alkyl halides is 1. The third kappa shape index (κ3) is 12.4. The Labute approximate surface area is 255 Å². The van der Waals surface area contributed by atoms with Crippen LogP contribution in [0.15, 0.2) is 30.3 Å². The molecule has 0 spiro atoms. The Morgan fingerprint density at radius 2 is 1.45 bits per heavy atom. The topological polar surface area (TPSA) is 195 Å². The Morgan fingerprint density at radius 1 is 0.841 bits per heavy atom. The zero-order valence-electron chi connectivity index (χ0n) is 25.7. The van der Waals surface area contributed by atoms with Crippen molar-refractivity contribution in [2.75, 3.05) is 20.9 Å². The van der Waals surface area contributed by atoms with E-state index in [0.717, 1.165) is 26.7 Å². The average Bonchev–Trinajstić information content (AvgIpc) is 2.99. The first-order valence-corrected chi connectivity index (χ1v) is 13.8. The van der Waals surface area contributed by atoms with Crippen molar-refractivity contribution >= 4 is 41.5 Å². The summed E-state index contributed by atoms with van der Waals surface area (Å²) in [7, 11) is 2.21. The lowest BCUT2D eigenvalue weighted by atomic mass is 9.91. The molecule has 0 saturated heterocycles. The van der Waals surface area contributed by atoms with Crippen molar-refractivity contribution in [2.24, 2.45) is 5.92 Å². The molecule has 0 saturated carbocycles. The maximum absolute atomic E-state index is 13.3. The van der Waals surface area contributed by atoms with E-state index in [4.69, 9.17) is 4.74 Å². The van der Waals surface area contributed by atoms with Crippen LogP contribution in [0.4, 0.5) is 9.18 Å². The highest BCUT2D eigenvalue weighted by Crippen LogP contribution is 2.15. The predicted molar refractivity (Wildman–Crippen MR) is 153 cm³/mol. The van der Waals surface area contributed by atoms with Gasteiger partial charge in [0.1, 0.15) is 30.3 Å². The number of halogens is 1. The van der Waals surface area contributed by atoms with Gasteiger partial charge in [-0.25, -0.2) is 9.18 Å². The lowest BCUT2D eigenvalue weighted by Gasteiger charge is -2.31. The highest BCUT2D eigenvalue weighted by atomic mass is 19.1. The van der Waals surface area contributed by atoms with Crippen LogP contribution in [0.25, 0.3) is 0 Å². The monoisotopic (exact) mass is 624 g/mol. The molecule has 0 radical (unpaired) electrons. The van der Waals surface area contributed by atoms with E-state index >= 15 is 0 Å². The number of carbonyl (C=O) groups excluding carboxylic acids is 7. The molecule has 1 aromatic carbocycles. The maximum Gasteiger partial charge on any atom is 0.408 e. The first kappa shape index (κ1) is 37.5. The predicted octanol–water partition coefficient (Wildman–Crippen LogP) is 0.857. The first-order chi connectivity index (χ1) is 20.7. The molecule has 1 aromatic rings. The van der Waals surface area contributed by atoms with E-state index in [9.17, 15) is 38.0 Å². The second-order valence-electron chi connectivity index (χ2n) is 10.5. The van der Waals surface area contributed by atoms with Gasteiger partial charge in [-0.1, -0.05) is 44.2 Å². The van der Waals surface area contributed by atoms with Crippen molar-refractivity contribution in [1.29, 1.82) is 0 Å². The van der Waals surface area contributed by atoms with Crippen LogP contribution in [0, 0.1) is 5.92 Å². The molecule has 0 aromatic heterocycles. The maximum atomic E-state index is 13.3. The molecule has 0 heterocycles. The summed E-state index contributed by atoms with van der Waals surface area (Å²) in [6, 6.07) is 4.99. The smallest absolute Gasteiger partial charge is 0.408 e. The van der Waals surface area contributed by atoms with Gasteiger partial charge in [0.05, 0.1) is 20.6 Å². The molecule has 4 N–H and O–H groups in total. The largest absolute Gasteiger partial charge is 0.469 e. The van der Waals surface area contributed by atoms with Gasteiger partial charge in [-0.15, -0.1) is 0 Å². The number of hydrogen-bond acceptors (Lipinski definition) is 10. The highest BCUT2D eigenvalue weighted by Gasteiger charge is 2.40. The molecule has 0 aliphatic heterocycles. The summed E-state index contributed by atoms with van der Waals surface area (Å²) in [5, 5.41) is 9.60. The van der Waals surface area contributed by atoms with Gasteiger partial charge in [0.2, 0.25) is 17.7 Å². The lowest BCUT2D eigenvalue weighted by molar-refractivity contribution is -0.146. The Balaban J connectivity index is 3.02. The minimum atomic E-state index is -1.97. The van der Waals surface area contributed by atoms with Gasteiger partial charge in [0, 0.05) is 6.42 Å². The quantitative estimate of drug-likeness (QED) is 0.143. The van der Waals surface area contributed by atoms with Crippen LogP contribution in [0.3, 0.4) is 0 Å². The summed E-state index contributed by atoms with van der Waals surface area (Å²) in [4.78, 5) is 87.5. The molecule has 1 unspecified atom stereocenters. The van der Waals surface area contributed by atoms with Gasteiger partial charge in [-0.2, -0.15) is 0 Å². The molecule has 15 heteroatoms. The molecule has 4 amide bonds. The molecule has 1 rings (SSSR count). The molecule has 0 fully saturated rings. The van der Waals surface area contributed by atoms with Crippen LogP contribution in [0.2, 0.25) is 0 Å². The second-order valence-corrected chi connectivity index (χ2v) is 10.5. The number of Topliss-reactive ketones (excluding diaryl/α,β-unsaturated/α-hetero) is 1. The molecule has 0 aliphatic rings. The third-order valence-electron chi connectivity index (χ3n) is 6.55. The van der Waals surface area contributed by atoms with E-state index in [1.807, 2.05) is 0 Å². The molecule has 44 heavy (non-hydrogen) atoms. The number of carbonyl (C=O) groups is 7. The van der Waals surface area contributed by atoms with Crippen LogP contribution in [-0.2, 0) is 49.6 Å². The minimum Gasteiger partial charge on any atom is -0.469 e. The molecule has 244 valence electrons. The van der Waals surface area contributed by atoms with Crippen LogP contribution in [0.5, 0.6) is 0 Å².